The number of anilines is 1. The SMILES string of the molecule is CCN1CCN(S(=O)(=O)c2cccc(NC(=O)C(C)(C)Oc3ccc(Cl)cc3)c2)CC1. The van der Waals surface area contributed by atoms with Crippen LogP contribution >= 0.6 is 11.6 Å². The van der Waals surface area contributed by atoms with Gasteiger partial charge in [-0.1, -0.05) is 24.6 Å². The van der Waals surface area contributed by atoms with E-state index in [1.54, 1.807) is 56.3 Å². The maximum absolute atomic E-state index is 13.0. The first kappa shape index (κ1) is 23.5. The molecule has 0 saturated carbocycles. The van der Waals surface area contributed by atoms with Gasteiger partial charge in [0.2, 0.25) is 10.0 Å². The number of hydrogen-bond donors (Lipinski definition) is 1. The van der Waals surface area contributed by atoms with Crippen LogP contribution in [-0.4, -0.2) is 61.9 Å². The minimum Gasteiger partial charge on any atom is -0.478 e. The molecule has 2 aromatic carbocycles. The van der Waals surface area contributed by atoms with E-state index in [2.05, 4.69) is 17.1 Å². The molecule has 1 fully saturated rings. The summed E-state index contributed by atoms with van der Waals surface area (Å²) in [5.41, 5.74) is -0.787. The van der Waals surface area contributed by atoms with Crippen LogP contribution in [0, 0.1) is 0 Å². The highest BCUT2D eigenvalue weighted by Gasteiger charge is 2.31. The molecule has 1 aliphatic rings. The number of sulfonamides is 1. The zero-order valence-corrected chi connectivity index (χ0v) is 19.5. The molecule has 2 aromatic rings. The van der Waals surface area contributed by atoms with E-state index in [0.29, 0.717) is 42.6 Å². The van der Waals surface area contributed by atoms with Gasteiger partial charge in [-0.2, -0.15) is 4.31 Å². The van der Waals surface area contributed by atoms with Crippen molar-refractivity contribution in [1.82, 2.24) is 9.21 Å². The lowest BCUT2D eigenvalue weighted by atomic mass is 10.1. The van der Waals surface area contributed by atoms with Crippen molar-refractivity contribution in [3.63, 3.8) is 0 Å². The molecule has 7 nitrogen and oxygen atoms in total. The second-order valence-corrected chi connectivity index (χ2v) is 10.3. The summed E-state index contributed by atoms with van der Waals surface area (Å²) < 4.78 is 33.4. The highest BCUT2D eigenvalue weighted by molar-refractivity contribution is 7.89. The van der Waals surface area contributed by atoms with Crippen molar-refractivity contribution in [2.75, 3.05) is 38.0 Å². The largest absolute Gasteiger partial charge is 0.478 e. The van der Waals surface area contributed by atoms with Crippen LogP contribution in [0.1, 0.15) is 20.8 Å². The number of carbonyl (C=O) groups is 1. The molecular weight excluding hydrogens is 438 g/mol. The Balaban J connectivity index is 1.70. The standard InChI is InChI=1S/C22H28ClN3O4S/c1-4-25-12-14-26(15-13-25)31(28,29)20-7-5-6-18(16-20)24-21(27)22(2,3)30-19-10-8-17(23)9-11-19/h5-11,16H,4,12-15H2,1-3H3,(H,24,27). The molecule has 168 valence electrons. The van der Waals surface area contributed by atoms with E-state index < -0.39 is 21.5 Å². The first-order chi connectivity index (χ1) is 14.6. The fourth-order valence-electron chi connectivity index (χ4n) is 3.29. The zero-order chi connectivity index (χ0) is 22.6. The molecule has 1 heterocycles. The van der Waals surface area contributed by atoms with Crippen LogP contribution in [0.15, 0.2) is 53.4 Å². The second-order valence-electron chi connectivity index (χ2n) is 7.89. The zero-order valence-electron chi connectivity index (χ0n) is 18.0. The Morgan fingerprint density at radius 2 is 1.74 bits per heavy atom. The molecule has 0 bridgehead atoms. The van der Waals surface area contributed by atoms with Crippen LogP contribution in [0.25, 0.3) is 0 Å². The maximum Gasteiger partial charge on any atom is 0.267 e. The Labute approximate surface area is 189 Å². The van der Waals surface area contributed by atoms with Crippen LogP contribution in [0.2, 0.25) is 5.02 Å². The normalized spacial score (nSPS) is 16.1. The number of ether oxygens (including phenoxy) is 1. The summed E-state index contributed by atoms with van der Waals surface area (Å²) in [7, 11) is -3.63. The highest BCUT2D eigenvalue weighted by atomic mass is 35.5. The average molecular weight is 466 g/mol. The van der Waals surface area contributed by atoms with Gasteiger partial charge in [0.25, 0.3) is 5.91 Å². The summed E-state index contributed by atoms with van der Waals surface area (Å²) in [5, 5.41) is 3.34. The van der Waals surface area contributed by atoms with Gasteiger partial charge in [-0.05, 0) is 62.9 Å². The number of piperazine rings is 1. The third kappa shape index (κ3) is 5.77. The fourth-order valence-corrected chi connectivity index (χ4v) is 4.89. The molecular formula is C22H28ClN3O4S. The number of rotatable bonds is 7. The second kappa shape index (κ2) is 9.56. The van der Waals surface area contributed by atoms with Gasteiger partial charge in [0.15, 0.2) is 5.60 Å². The van der Waals surface area contributed by atoms with Gasteiger partial charge < -0.3 is 15.0 Å². The first-order valence-electron chi connectivity index (χ1n) is 10.2. The highest BCUT2D eigenvalue weighted by Crippen LogP contribution is 2.24. The molecule has 9 heteroatoms. The summed E-state index contributed by atoms with van der Waals surface area (Å²) >= 11 is 5.89. The molecule has 1 aliphatic heterocycles. The summed E-state index contributed by atoms with van der Waals surface area (Å²) in [4.78, 5) is 15.2. The quantitative estimate of drug-likeness (QED) is 0.677. The smallest absolute Gasteiger partial charge is 0.267 e. The number of amides is 1. The van der Waals surface area contributed by atoms with Crippen molar-refractivity contribution >= 4 is 33.2 Å². The van der Waals surface area contributed by atoms with Gasteiger partial charge in [-0.25, -0.2) is 8.42 Å². The summed E-state index contributed by atoms with van der Waals surface area (Å²) in [6.07, 6.45) is 0. The third-order valence-electron chi connectivity index (χ3n) is 5.24. The van der Waals surface area contributed by atoms with Gasteiger partial charge >= 0.3 is 0 Å². The molecule has 0 atom stereocenters. The van der Waals surface area contributed by atoms with Gasteiger partial charge in [-0.3, -0.25) is 4.79 Å². The summed E-state index contributed by atoms with van der Waals surface area (Å²) in [6, 6.07) is 13.0. The van der Waals surface area contributed by atoms with E-state index in [1.807, 2.05) is 0 Å². The van der Waals surface area contributed by atoms with Crippen molar-refractivity contribution in [2.45, 2.75) is 31.3 Å². The molecule has 1 saturated heterocycles. The summed E-state index contributed by atoms with van der Waals surface area (Å²) in [6.45, 7) is 8.58. The molecule has 1 N–H and O–H groups in total. The summed E-state index contributed by atoms with van der Waals surface area (Å²) in [5.74, 6) is 0.112. The van der Waals surface area contributed by atoms with E-state index in [1.165, 1.54) is 10.4 Å². The van der Waals surface area contributed by atoms with E-state index in [9.17, 15) is 13.2 Å². The molecule has 0 aromatic heterocycles. The van der Waals surface area contributed by atoms with Crippen molar-refractivity contribution in [2.24, 2.45) is 0 Å². The lowest BCUT2D eigenvalue weighted by molar-refractivity contribution is -0.128. The topological polar surface area (TPSA) is 79.0 Å². The van der Waals surface area contributed by atoms with Crippen molar-refractivity contribution < 1.29 is 17.9 Å². The van der Waals surface area contributed by atoms with E-state index in [4.69, 9.17) is 16.3 Å². The van der Waals surface area contributed by atoms with Gasteiger partial charge in [0.05, 0.1) is 4.90 Å². The van der Waals surface area contributed by atoms with Crippen LogP contribution in [0.3, 0.4) is 0 Å². The molecule has 0 radical (unpaired) electrons. The van der Waals surface area contributed by atoms with Crippen molar-refractivity contribution in [3.05, 3.63) is 53.6 Å². The van der Waals surface area contributed by atoms with Crippen molar-refractivity contribution in [1.29, 1.82) is 0 Å². The Morgan fingerprint density at radius 1 is 1.10 bits per heavy atom. The number of hydrogen-bond acceptors (Lipinski definition) is 5. The number of halogens is 1. The van der Waals surface area contributed by atoms with E-state index in [0.717, 1.165) is 6.54 Å². The van der Waals surface area contributed by atoms with E-state index in [-0.39, 0.29) is 4.90 Å². The Bertz CT molecular complexity index is 1020. The van der Waals surface area contributed by atoms with E-state index >= 15 is 0 Å². The lowest BCUT2D eigenvalue weighted by Crippen LogP contribution is -2.48. The molecule has 0 unspecified atom stereocenters. The number of benzene rings is 2. The van der Waals surface area contributed by atoms with Gasteiger partial charge in [0, 0.05) is 36.9 Å². The van der Waals surface area contributed by atoms with Crippen LogP contribution in [0.5, 0.6) is 5.75 Å². The number of carbonyl (C=O) groups excluding carboxylic acids is 1. The van der Waals surface area contributed by atoms with Gasteiger partial charge in [0.1, 0.15) is 5.75 Å². The maximum atomic E-state index is 13.0. The molecule has 0 aliphatic carbocycles. The Hall–Kier alpha value is -2.13. The fraction of sp³-hybridized carbons (Fsp3) is 0.409. The number of nitrogens with one attached hydrogen (secondary N) is 1. The molecule has 3 rings (SSSR count). The minimum atomic E-state index is -3.63. The number of nitrogens with zero attached hydrogens (tertiary/aromatic N) is 2. The predicted octanol–water partition coefficient (Wildman–Crippen LogP) is 3.46. The monoisotopic (exact) mass is 465 g/mol. The molecule has 1 amide bonds. The predicted molar refractivity (Wildman–Crippen MR) is 122 cm³/mol. The third-order valence-corrected chi connectivity index (χ3v) is 7.39. The van der Waals surface area contributed by atoms with Crippen LogP contribution < -0.4 is 10.1 Å². The van der Waals surface area contributed by atoms with Crippen LogP contribution in [0.4, 0.5) is 5.69 Å². The van der Waals surface area contributed by atoms with Gasteiger partial charge in [-0.15, -0.1) is 0 Å². The minimum absolute atomic E-state index is 0.159. The molecule has 31 heavy (non-hydrogen) atoms. The Morgan fingerprint density at radius 3 is 2.35 bits per heavy atom. The van der Waals surface area contributed by atoms with Crippen LogP contribution in [-0.2, 0) is 14.8 Å². The van der Waals surface area contributed by atoms with Crippen molar-refractivity contribution in [3.8, 4) is 5.75 Å². The average Bonchev–Trinajstić information content (AvgIpc) is 2.75. The number of likely N-dealkylation sites (N-methyl/N-ethyl adjacent to an activating group) is 1. The molecule has 0 spiro atoms. The Kier molecular flexibility index (Phi) is 7.26. The first-order valence-corrected chi connectivity index (χ1v) is 12.0. The lowest BCUT2D eigenvalue weighted by Gasteiger charge is -2.33.